The summed E-state index contributed by atoms with van der Waals surface area (Å²) >= 11 is 0. The van der Waals surface area contributed by atoms with Crippen LogP contribution in [0.2, 0.25) is 0 Å². The highest BCUT2D eigenvalue weighted by molar-refractivity contribution is 6.07. The van der Waals surface area contributed by atoms with Crippen molar-refractivity contribution in [1.82, 2.24) is 15.3 Å². The predicted molar refractivity (Wildman–Crippen MR) is 110 cm³/mol. The van der Waals surface area contributed by atoms with Crippen LogP contribution in [-0.2, 0) is 20.9 Å². The van der Waals surface area contributed by atoms with Crippen molar-refractivity contribution in [3.05, 3.63) is 52.5 Å². The Labute approximate surface area is 177 Å². The molecule has 3 aromatic rings. The van der Waals surface area contributed by atoms with Gasteiger partial charge in [0.15, 0.2) is 12.4 Å². The summed E-state index contributed by atoms with van der Waals surface area (Å²) < 4.78 is 15.6. The van der Waals surface area contributed by atoms with Crippen molar-refractivity contribution in [2.75, 3.05) is 18.9 Å². The van der Waals surface area contributed by atoms with Crippen LogP contribution in [0.3, 0.4) is 0 Å². The number of nitrogen functional groups attached to an aromatic ring is 1. The highest BCUT2D eigenvalue weighted by Crippen LogP contribution is 2.28. The minimum absolute atomic E-state index is 0.00343. The molecule has 1 amide bonds. The van der Waals surface area contributed by atoms with Crippen LogP contribution >= 0.6 is 0 Å². The number of ether oxygens (including phenoxy) is 2. The molecule has 10 nitrogen and oxygen atoms in total. The number of esters is 2. The van der Waals surface area contributed by atoms with Gasteiger partial charge >= 0.3 is 11.9 Å². The molecule has 0 atom stereocenters. The molecule has 0 unspecified atom stereocenters. The zero-order valence-corrected chi connectivity index (χ0v) is 17.4. The summed E-state index contributed by atoms with van der Waals surface area (Å²) in [7, 11) is 0. The molecular weight excluding hydrogens is 404 g/mol. The number of carbonyl (C=O) groups is 3. The monoisotopic (exact) mass is 426 g/mol. The number of hydrogen-bond acceptors (Lipinski definition) is 9. The lowest BCUT2D eigenvalue weighted by Gasteiger charge is -2.07. The summed E-state index contributed by atoms with van der Waals surface area (Å²) in [5.41, 5.74) is 7.60. The van der Waals surface area contributed by atoms with Gasteiger partial charge in [-0.05, 0) is 32.9 Å². The fraction of sp³-hybridized carbons (Fsp3) is 0.286. The number of aryl methyl sites for hydroxylation is 2. The number of hydrogen-bond donors (Lipinski definition) is 2. The third-order valence-electron chi connectivity index (χ3n) is 4.32. The van der Waals surface area contributed by atoms with E-state index >= 15 is 0 Å². The number of carbonyl (C=O) groups excluding carboxylic acids is 3. The number of benzene rings is 1. The van der Waals surface area contributed by atoms with E-state index < -0.39 is 11.9 Å². The number of nitrogens with two attached hydrogens (primary N) is 1. The Morgan fingerprint density at radius 2 is 1.94 bits per heavy atom. The summed E-state index contributed by atoms with van der Waals surface area (Å²) in [5.74, 6) is -1.26. The van der Waals surface area contributed by atoms with Gasteiger partial charge < -0.3 is 24.9 Å². The zero-order chi connectivity index (χ0) is 22.5. The molecule has 0 radical (unpaired) electrons. The smallest absolute Gasteiger partial charge is 0.342 e. The normalized spacial score (nSPS) is 10.7. The van der Waals surface area contributed by atoms with Crippen molar-refractivity contribution in [2.24, 2.45) is 0 Å². The van der Waals surface area contributed by atoms with Crippen LogP contribution in [0.25, 0.3) is 11.1 Å². The molecule has 3 N–H and O–H groups in total. The van der Waals surface area contributed by atoms with E-state index in [1.165, 1.54) is 0 Å². The van der Waals surface area contributed by atoms with Gasteiger partial charge in [-0.25, -0.2) is 9.78 Å². The van der Waals surface area contributed by atoms with Crippen LogP contribution in [-0.4, -0.2) is 41.0 Å². The van der Waals surface area contributed by atoms with Crippen molar-refractivity contribution in [2.45, 2.75) is 27.4 Å². The quantitative estimate of drug-likeness (QED) is 0.542. The third kappa shape index (κ3) is 4.97. The lowest BCUT2D eigenvalue weighted by molar-refractivity contribution is -0.143. The van der Waals surface area contributed by atoms with Gasteiger partial charge in [0, 0.05) is 5.56 Å². The molecule has 10 heteroatoms. The number of nitrogens with zero attached hydrogens (tertiary/aromatic N) is 2. The second-order valence-corrected chi connectivity index (χ2v) is 6.67. The highest BCUT2D eigenvalue weighted by Gasteiger charge is 2.24. The number of rotatable bonds is 7. The van der Waals surface area contributed by atoms with Gasteiger partial charge in [-0.3, -0.25) is 9.59 Å². The van der Waals surface area contributed by atoms with Gasteiger partial charge in [0.25, 0.3) is 5.91 Å². The molecule has 0 aliphatic heterocycles. The number of furan rings is 1. The van der Waals surface area contributed by atoms with Crippen molar-refractivity contribution in [1.29, 1.82) is 0 Å². The summed E-state index contributed by atoms with van der Waals surface area (Å²) in [6, 6.07) is 6.98. The van der Waals surface area contributed by atoms with E-state index in [0.717, 1.165) is 5.56 Å². The fourth-order valence-corrected chi connectivity index (χ4v) is 2.93. The highest BCUT2D eigenvalue weighted by atomic mass is 16.5. The molecule has 2 heterocycles. The lowest BCUT2D eigenvalue weighted by Crippen LogP contribution is -2.30. The van der Waals surface area contributed by atoms with Crippen LogP contribution < -0.4 is 11.1 Å². The maximum atomic E-state index is 12.1. The predicted octanol–water partition coefficient (Wildman–Crippen LogP) is 2.07. The molecule has 2 aromatic heterocycles. The van der Waals surface area contributed by atoms with E-state index in [4.69, 9.17) is 19.6 Å². The molecule has 31 heavy (non-hydrogen) atoms. The molecule has 0 fully saturated rings. The van der Waals surface area contributed by atoms with Crippen LogP contribution in [0.15, 0.2) is 28.7 Å². The van der Waals surface area contributed by atoms with Gasteiger partial charge in [0.2, 0.25) is 5.71 Å². The largest absolute Gasteiger partial charge is 0.462 e. The summed E-state index contributed by atoms with van der Waals surface area (Å²) in [6.45, 7) is 4.73. The van der Waals surface area contributed by atoms with Gasteiger partial charge in [-0.2, -0.15) is 4.98 Å². The van der Waals surface area contributed by atoms with E-state index in [1.54, 1.807) is 32.0 Å². The first-order valence-electron chi connectivity index (χ1n) is 9.53. The molecular formula is C21H22N4O6. The molecule has 162 valence electrons. The maximum Gasteiger partial charge on any atom is 0.342 e. The van der Waals surface area contributed by atoms with Gasteiger partial charge in [0.1, 0.15) is 23.7 Å². The standard InChI is InChI=1S/C21H22N4O6/c1-4-29-21(28)16-12(3)31-20-17(16)18(22)24-14(25-20)10-30-15(26)9-23-19(27)13-7-5-6-11(2)8-13/h5-8H,4,9-10H2,1-3H3,(H,23,27)(H2,22,24,25). The van der Waals surface area contributed by atoms with Crippen molar-refractivity contribution in [3.63, 3.8) is 0 Å². The number of aromatic nitrogens is 2. The molecule has 0 saturated carbocycles. The number of fused-ring (bicyclic) bond motifs is 1. The summed E-state index contributed by atoms with van der Waals surface area (Å²) in [6.07, 6.45) is 0. The van der Waals surface area contributed by atoms with Gasteiger partial charge in [-0.15, -0.1) is 0 Å². The Hall–Kier alpha value is -3.95. The van der Waals surface area contributed by atoms with E-state index in [1.807, 2.05) is 13.0 Å². The summed E-state index contributed by atoms with van der Waals surface area (Å²) in [4.78, 5) is 44.4. The van der Waals surface area contributed by atoms with Gasteiger partial charge in [0.05, 0.1) is 12.0 Å². The molecule has 0 spiro atoms. The van der Waals surface area contributed by atoms with Crippen molar-refractivity contribution >= 4 is 34.8 Å². The Morgan fingerprint density at radius 1 is 1.16 bits per heavy atom. The van der Waals surface area contributed by atoms with Crippen molar-refractivity contribution < 1.29 is 28.3 Å². The van der Waals surface area contributed by atoms with Gasteiger partial charge in [-0.1, -0.05) is 17.7 Å². The van der Waals surface area contributed by atoms with Crippen LogP contribution in [0.5, 0.6) is 0 Å². The zero-order valence-electron chi connectivity index (χ0n) is 17.4. The Bertz CT molecular complexity index is 1150. The average molecular weight is 426 g/mol. The second-order valence-electron chi connectivity index (χ2n) is 6.67. The molecule has 1 aromatic carbocycles. The molecule has 3 rings (SSSR count). The van der Waals surface area contributed by atoms with Crippen LogP contribution in [0.4, 0.5) is 5.82 Å². The minimum atomic E-state index is -0.675. The number of anilines is 1. The maximum absolute atomic E-state index is 12.1. The number of nitrogens with one attached hydrogen (secondary N) is 1. The first-order chi connectivity index (χ1) is 14.8. The Morgan fingerprint density at radius 3 is 2.65 bits per heavy atom. The molecule has 0 saturated heterocycles. The minimum Gasteiger partial charge on any atom is -0.462 e. The number of amides is 1. The fourth-order valence-electron chi connectivity index (χ4n) is 2.93. The molecule has 0 bridgehead atoms. The second kappa shape index (κ2) is 9.24. The van der Waals surface area contributed by atoms with E-state index in [9.17, 15) is 14.4 Å². The topological polar surface area (TPSA) is 147 Å². The Kier molecular flexibility index (Phi) is 6.49. The van der Waals surface area contributed by atoms with E-state index in [-0.39, 0.29) is 54.0 Å². The lowest BCUT2D eigenvalue weighted by atomic mass is 10.1. The average Bonchev–Trinajstić information content (AvgIpc) is 3.07. The third-order valence-corrected chi connectivity index (χ3v) is 4.32. The SMILES string of the molecule is CCOC(=O)c1c(C)oc2nc(COC(=O)CNC(=O)c3cccc(C)c3)nc(N)c12. The molecule has 0 aliphatic carbocycles. The first kappa shape index (κ1) is 21.8. The first-order valence-corrected chi connectivity index (χ1v) is 9.53. The van der Waals surface area contributed by atoms with Crippen LogP contribution in [0, 0.1) is 13.8 Å². The van der Waals surface area contributed by atoms with E-state index in [0.29, 0.717) is 11.3 Å². The van der Waals surface area contributed by atoms with Crippen LogP contribution in [0.1, 0.15) is 44.8 Å². The Balaban J connectivity index is 1.63. The molecule has 0 aliphatic rings. The van der Waals surface area contributed by atoms with Crippen molar-refractivity contribution in [3.8, 4) is 0 Å². The van der Waals surface area contributed by atoms with E-state index in [2.05, 4.69) is 15.3 Å². The summed E-state index contributed by atoms with van der Waals surface area (Å²) in [5, 5.41) is 2.74.